The highest BCUT2D eigenvalue weighted by Gasteiger charge is 2.08. The summed E-state index contributed by atoms with van der Waals surface area (Å²) in [4.78, 5) is 10.00. The van der Waals surface area contributed by atoms with Crippen LogP contribution in [0.15, 0.2) is 0 Å². The van der Waals surface area contributed by atoms with E-state index >= 15 is 0 Å². The predicted octanol–water partition coefficient (Wildman–Crippen LogP) is 0.833. The van der Waals surface area contributed by atoms with E-state index < -0.39 is 12.0 Å². The lowest BCUT2D eigenvalue weighted by molar-refractivity contribution is -0.138. The molecule has 0 amide bonds. The van der Waals surface area contributed by atoms with Crippen LogP contribution < -0.4 is 5.73 Å². The van der Waals surface area contributed by atoms with Gasteiger partial charge in [-0.2, -0.15) is 0 Å². The van der Waals surface area contributed by atoms with E-state index in [0.29, 0.717) is 12.8 Å². The number of nitrogens with two attached hydrogens (primary N) is 1. The van der Waals surface area contributed by atoms with Gasteiger partial charge in [-0.1, -0.05) is 20.8 Å². The van der Waals surface area contributed by atoms with Gasteiger partial charge in [0.1, 0.15) is 6.04 Å². The molecule has 4 nitrogen and oxygen atoms in total. The Balaban J connectivity index is 0. The normalized spacial score (nSPS) is 11.8. The lowest BCUT2D eigenvalue weighted by Crippen LogP contribution is -2.29. The second-order valence-corrected chi connectivity index (χ2v) is 3.54. The summed E-state index contributed by atoms with van der Waals surface area (Å²) in [5, 5.41) is 16.5. The van der Waals surface area contributed by atoms with Crippen LogP contribution >= 0.6 is 0 Å². The number of carbonyl (C=O) groups is 1. The Morgan fingerprint density at radius 1 is 1.38 bits per heavy atom. The first-order chi connectivity index (χ1) is 5.91. The average Bonchev–Trinajstić information content (AvgIpc) is 1.98. The first-order valence-corrected chi connectivity index (χ1v) is 4.51. The number of carboxylic acids is 1. The number of carboxylic acid groups (broad SMARTS) is 1. The Morgan fingerprint density at radius 2 is 1.77 bits per heavy atom. The van der Waals surface area contributed by atoms with Crippen molar-refractivity contribution in [3.63, 3.8) is 0 Å². The molecule has 0 aromatic heterocycles. The van der Waals surface area contributed by atoms with E-state index in [2.05, 4.69) is 20.8 Å². The van der Waals surface area contributed by atoms with Gasteiger partial charge in [0.25, 0.3) is 0 Å². The first kappa shape index (κ1) is 14.9. The first-order valence-electron chi connectivity index (χ1n) is 4.51. The summed E-state index contributed by atoms with van der Waals surface area (Å²) in [5.74, 6) is -0.177. The SMILES string of the molecule is CC(C)C.NC(CCCO)C(=O)O. The number of aliphatic hydroxyl groups excluding tert-OH is 1. The summed E-state index contributed by atoms with van der Waals surface area (Å²) in [6, 6.07) is -0.822. The van der Waals surface area contributed by atoms with Crippen LogP contribution in [0.1, 0.15) is 33.6 Å². The third-order valence-electron chi connectivity index (χ3n) is 0.990. The van der Waals surface area contributed by atoms with Gasteiger partial charge < -0.3 is 15.9 Å². The summed E-state index contributed by atoms with van der Waals surface area (Å²) >= 11 is 0. The Hall–Kier alpha value is -0.610. The molecule has 0 heterocycles. The molecule has 0 rings (SSSR count). The number of rotatable bonds is 4. The van der Waals surface area contributed by atoms with Crippen molar-refractivity contribution in [2.45, 2.75) is 39.7 Å². The predicted molar refractivity (Wildman–Crippen MR) is 52.4 cm³/mol. The Kier molecular flexibility index (Phi) is 10.9. The molecule has 0 bridgehead atoms. The lowest BCUT2D eigenvalue weighted by atomic mass is 10.2. The second-order valence-electron chi connectivity index (χ2n) is 3.54. The highest BCUT2D eigenvalue weighted by molar-refractivity contribution is 5.72. The van der Waals surface area contributed by atoms with Crippen LogP contribution in [0.4, 0.5) is 0 Å². The zero-order chi connectivity index (χ0) is 10.9. The van der Waals surface area contributed by atoms with E-state index in [1.54, 1.807) is 0 Å². The third-order valence-corrected chi connectivity index (χ3v) is 0.990. The lowest BCUT2D eigenvalue weighted by Gasteiger charge is -2.02. The fraction of sp³-hybridized carbons (Fsp3) is 0.889. The molecule has 0 aliphatic carbocycles. The molecule has 80 valence electrons. The quantitative estimate of drug-likeness (QED) is 0.614. The molecule has 0 saturated carbocycles. The molecule has 0 radical (unpaired) electrons. The van der Waals surface area contributed by atoms with Crippen LogP contribution in [0.3, 0.4) is 0 Å². The largest absolute Gasteiger partial charge is 0.480 e. The summed E-state index contributed by atoms with van der Waals surface area (Å²) in [6.07, 6.45) is 0.791. The topological polar surface area (TPSA) is 83.5 Å². The standard InChI is InChI=1S/C5H11NO3.C4H10/c6-4(5(8)9)2-1-3-7;1-4(2)3/h4,7H,1-3,6H2,(H,8,9);4H,1-3H3. The number of hydrogen-bond donors (Lipinski definition) is 3. The fourth-order valence-electron chi connectivity index (χ4n) is 0.435. The number of aliphatic hydroxyl groups is 1. The second kappa shape index (κ2) is 9.48. The van der Waals surface area contributed by atoms with Crippen molar-refractivity contribution in [2.24, 2.45) is 11.7 Å². The van der Waals surface area contributed by atoms with Crippen molar-refractivity contribution in [3.8, 4) is 0 Å². The summed E-state index contributed by atoms with van der Waals surface area (Å²) in [7, 11) is 0. The van der Waals surface area contributed by atoms with Gasteiger partial charge >= 0.3 is 5.97 Å². The van der Waals surface area contributed by atoms with E-state index in [1.807, 2.05) is 0 Å². The molecule has 4 N–H and O–H groups in total. The summed E-state index contributed by atoms with van der Waals surface area (Å²) < 4.78 is 0. The maximum atomic E-state index is 10.00. The zero-order valence-electron chi connectivity index (χ0n) is 8.66. The van der Waals surface area contributed by atoms with Gasteiger partial charge in [-0.3, -0.25) is 4.79 Å². The van der Waals surface area contributed by atoms with Gasteiger partial charge in [0.05, 0.1) is 0 Å². The van der Waals surface area contributed by atoms with Crippen LogP contribution in [0.25, 0.3) is 0 Å². The maximum absolute atomic E-state index is 10.00. The van der Waals surface area contributed by atoms with E-state index in [4.69, 9.17) is 15.9 Å². The van der Waals surface area contributed by atoms with Crippen molar-refractivity contribution in [3.05, 3.63) is 0 Å². The Bertz CT molecular complexity index is 123. The van der Waals surface area contributed by atoms with Crippen LogP contribution in [0.5, 0.6) is 0 Å². The maximum Gasteiger partial charge on any atom is 0.320 e. The smallest absolute Gasteiger partial charge is 0.320 e. The molecule has 4 heteroatoms. The number of aliphatic carboxylic acids is 1. The molecule has 0 aromatic rings. The van der Waals surface area contributed by atoms with E-state index in [9.17, 15) is 4.79 Å². The fourth-order valence-corrected chi connectivity index (χ4v) is 0.435. The van der Waals surface area contributed by atoms with E-state index in [0.717, 1.165) is 5.92 Å². The zero-order valence-corrected chi connectivity index (χ0v) is 8.66. The van der Waals surface area contributed by atoms with Gasteiger partial charge in [0.15, 0.2) is 0 Å². The van der Waals surface area contributed by atoms with Crippen molar-refractivity contribution in [1.82, 2.24) is 0 Å². The van der Waals surface area contributed by atoms with Gasteiger partial charge in [-0.25, -0.2) is 0 Å². The van der Waals surface area contributed by atoms with Gasteiger partial charge in [0.2, 0.25) is 0 Å². The minimum atomic E-state index is -1.01. The summed E-state index contributed by atoms with van der Waals surface area (Å²) in [6.45, 7) is 6.50. The minimum Gasteiger partial charge on any atom is -0.480 e. The number of hydrogen-bond acceptors (Lipinski definition) is 3. The van der Waals surface area contributed by atoms with Gasteiger partial charge in [0, 0.05) is 6.61 Å². The molecule has 0 spiro atoms. The molecule has 1 unspecified atom stereocenters. The summed E-state index contributed by atoms with van der Waals surface area (Å²) in [5.41, 5.74) is 5.09. The monoisotopic (exact) mass is 191 g/mol. The highest BCUT2D eigenvalue weighted by atomic mass is 16.4. The molecule has 1 atom stereocenters. The molecule has 0 aromatic carbocycles. The molecule has 0 aliphatic rings. The third kappa shape index (κ3) is 18.4. The van der Waals surface area contributed by atoms with Crippen LogP contribution in [0, 0.1) is 5.92 Å². The van der Waals surface area contributed by atoms with Crippen LogP contribution in [0.2, 0.25) is 0 Å². The Morgan fingerprint density at radius 3 is 2.00 bits per heavy atom. The van der Waals surface area contributed by atoms with Crippen molar-refractivity contribution in [1.29, 1.82) is 0 Å². The van der Waals surface area contributed by atoms with Crippen molar-refractivity contribution < 1.29 is 15.0 Å². The van der Waals surface area contributed by atoms with Crippen molar-refractivity contribution in [2.75, 3.05) is 6.61 Å². The highest BCUT2D eigenvalue weighted by Crippen LogP contribution is 1.91. The average molecular weight is 191 g/mol. The van der Waals surface area contributed by atoms with Crippen molar-refractivity contribution >= 4 is 5.97 Å². The van der Waals surface area contributed by atoms with E-state index in [-0.39, 0.29) is 6.61 Å². The van der Waals surface area contributed by atoms with Gasteiger partial charge in [-0.05, 0) is 18.8 Å². The van der Waals surface area contributed by atoms with Crippen LogP contribution in [-0.2, 0) is 4.79 Å². The molecule has 0 saturated heterocycles. The molecular formula is C9H21NO3. The van der Waals surface area contributed by atoms with Gasteiger partial charge in [-0.15, -0.1) is 0 Å². The molecule has 13 heavy (non-hydrogen) atoms. The molecule has 0 fully saturated rings. The molecule has 0 aliphatic heterocycles. The minimum absolute atomic E-state index is 0.000972. The molecular weight excluding hydrogens is 170 g/mol. The van der Waals surface area contributed by atoms with Crippen LogP contribution in [-0.4, -0.2) is 28.8 Å². The van der Waals surface area contributed by atoms with E-state index in [1.165, 1.54) is 0 Å². The Labute approximate surface area is 79.8 Å².